The summed E-state index contributed by atoms with van der Waals surface area (Å²) in [6, 6.07) is 16.1. The molecule has 0 radical (unpaired) electrons. The molecule has 1 aliphatic rings. The van der Waals surface area contributed by atoms with E-state index in [0.717, 1.165) is 27.8 Å². The van der Waals surface area contributed by atoms with Crippen LogP contribution in [-0.4, -0.2) is 24.7 Å². The molecular formula is C18H18BrNO2. The molecule has 0 aliphatic carbocycles. The molecule has 114 valence electrons. The van der Waals surface area contributed by atoms with Crippen molar-refractivity contribution < 1.29 is 9.90 Å². The van der Waals surface area contributed by atoms with Gasteiger partial charge >= 0.3 is 5.97 Å². The van der Waals surface area contributed by atoms with Crippen LogP contribution < -0.4 is 4.90 Å². The molecule has 0 bridgehead atoms. The molecule has 3 nitrogen and oxygen atoms in total. The fourth-order valence-corrected chi connectivity index (χ4v) is 3.68. The number of carboxylic acids is 1. The highest BCUT2D eigenvalue weighted by atomic mass is 79.9. The molecule has 0 aromatic heterocycles. The van der Waals surface area contributed by atoms with Crippen molar-refractivity contribution in [3.05, 3.63) is 64.1 Å². The van der Waals surface area contributed by atoms with E-state index in [2.05, 4.69) is 33.0 Å². The van der Waals surface area contributed by atoms with Crippen LogP contribution in [0.4, 0.5) is 5.69 Å². The molecule has 2 aromatic rings. The van der Waals surface area contributed by atoms with E-state index in [1.807, 2.05) is 43.4 Å². The van der Waals surface area contributed by atoms with Crippen molar-refractivity contribution >= 4 is 27.6 Å². The minimum atomic E-state index is -0.727. The molecule has 1 aliphatic heterocycles. The van der Waals surface area contributed by atoms with Crippen LogP contribution in [0, 0.1) is 5.92 Å². The highest BCUT2D eigenvalue weighted by molar-refractivity contribution is 9.10. The Kier molecular flexibility index (Phi) is 4.21. The molecule has 0 fully saturated rings. The average Bonchev–Trinajstić information content (AvgIpc) is 2.65. The lowest BCUT2D eigenvalue weighted by Crippen LogP contribution is -2.24. The van der Waals surface area contributed by atoms with Crippen molar-refractivity contribution in [3.8, 4) is 0 Å². The van der Waals surface area contributed by atoms with Gasteiger partial charge in [-0.2, -0.15) is 0 Å². The maximum absolute atomic E-state index is 11.9. The van der Waals surface area contributed by atoms with Crippen molar-refractivity contribution in [2.75, 3.05) is 18.5 Å². The summed E-state index contributed by atoms with van der Waals surface area (Å²) in [6.45, 7) is 0.745. The number of nitrogens with zero attached hydrogens (tertiary/aromatic N) is 1. The van der Waals surface area contributed by atoms with Crippen LogP contribution in [0.3, 0.4) is 0 Å². The number of anilines is 1. The van der Waals surface area contributed by atoms with E-state index in [1.165, 1.54) is 0 Å². The topological polar surface area (TPSA) is 40.5 Å². The van der Waals surface area contributed by atoms with Gasteiger partial charge in [0.15, 0.2) is 0 Å². The number of benzene rings is 2. The summed E-state index contributed by atoms with van der Waals surface area (Å²) in [7, 11) is 2.03. The molecule has 2 atom stereocenters. The van der Waals surface area contributed by atoms with Gasteiger partial charge in [-0.3, -0.25) is 4.79 Å². The zero-order valence-electron chi connectivity index (χ0n) is 12.4. The summed E-state index contributed by atoms with van der Waals surface area (Å²) >= 11 is 3.53. The quantitative estimate of drug-likeness (QED) is 0.876. The lowest BCUT2D eigenvalue weighted by Gasteiger charge is -2.24. The van der Waals surface area contributed by atoms with Crippen LogP contribution in [-0.2, 0) is 4.79 Å². The predicted octanol–water partition coefficient (Wildman–Crippen LogP) is 4.12. The van der Waals surface area contributed by atoms with E-state index in [0.29, 0.717) is 6.42 Å². The number of halogens is 1. The Morgan fingerprint density at radius 1 is 1.23 bits per heavy atom. The molecule has 1 heterocycles. The van der Waals surface area contributed by atoms with Gasteiger partial charge in [-0.25, -0.2) is 0 Å². The van der Waals surface area contributed by atoms with E-state index in [1.54, 1.807) is 0 Å². The van der Waals surface area contributed by atoms with E-state index in [-0.39, 0.29) is 5.92 Å². The third kappa shape index (κ3) is 2.75. The summed E-state index contributed by atoms with van der Waals surface area (Å²) in [5.74, 6) is -1.27. The third-order valence-corrected chi connectivity index (χ3v) is 4.88. The largest absolute Gasteiger partial charge is 0.481 e. The van der Waals surface area contributed by atoms with E-state index in [4.69, 9.17) is 0 Å². The minimum Gasteiger partial charge on any atom is -0.481 e. The molecule has 0 saturated heterocycles. The third-order valence-electron chi connectivity index (χ3n) is 4.39. The van der Waals surface area contributed by atoms with Gasteiger partial charge in [0.1, 0.15) is 0 Å². The Balaban J connectivity index is 2.21. The molecule has 3 rings (SSSR count). The Bertz CT molecular complexity index is 687. The van der Waals surface area contributed by atoms with E-state index in [9.17, 15) is 9.90 Å². The van der Waals surface area contributed by atoms with Gasteiger partial charge in [-0.15, -0.1) is 0 Å². The average molecular weight is 360 g/mol. The number of hydrogen-bond donors (Lipinski definition) is 1. The summed E-state index contributed by atoms with van der Waals surface area (Å²) in [6.07, 6.45) is 0.637. The van der Waals surface area contributed by atoms with E-state index >= 15 is 0 Å². The lowest BCUT2D eigenvalue weighted by molar-refractivity contribution is -0.142. The first-order valence-electron chi connectivity index (χ1n) is 7.36. The predicted molar refractivity (Wildman–Crippen MR) is 91.4 cm³/mol. The Morgan fingerprint density at radius 3 is 2.64 bits per heavy atom. The molecule has 0 saturated carbocycles. The van der Waals surface area contributed by atoms with Gasteiger partial charge in [0.2, 0.25) is 0 Å². The van der Waals surface area contributed by atoms with Crippen LogP contribution >= 0.6 is 15.9 Å². The molecule has 0 spiro atoms. The van der Waals surface area contributed by atoms with Gasteiger partial charge in [-0.1, -0.05) is 46.3 Å². The number of fused-ring (bicyclic) bond motifs is 1. The van der Waals surface area contributed by atoms with Gasteiger partial charge in [0, 0.05) is 29.7 Å². The van der Waals surface area contributed by atoms with Crippen molar-refractivity contribution in [3.63, 3.8) is 0 Å². The Hall–Kier alpha value is -1.81. The highest BCUT2D eigenvalue weighted by Gasteiger charge is 2.35. The van der Waals surface area contributed by atoms with Crippen LogP contribution in [0.1, 0.15) is 23.5 Å². The first kappa shape index (κ1) is 15.1. The number of hydrogen-bond acceptors (Lipinski definition) is 2. The molecule has 0 unspecified atom stereocenters. The van der Waals surface area contributed by atoms with Crippen LogP contribution in [0.15, 0.2) is 53.0 Å². The van der Waals surface area contributed by atoms with Gasteiger partial charge in [0.25, 0.3) is 0 Å². The first-order valence-corrected chi connectivity index (χ1v) is 8.15. The van der Waals surface area contributed by atoms with Gasteiger partial charge < -0.3 is 10.0 Å². The molecule has 4 heteroatoms. The monoisotopic (exact) mass is 359 g/mol. The summed E-state index contributed by atoms with van der Waals surface area (Å²) < 4.78 is 0.978. The standard InChI is InChI=1S/C18H18BrNO2/c1-20-10-9-14(18(21)22)17(12-5-3-2-4-6-12)15-11-13(19)7-8-16(15)20/h2-8,11,14,17H,9-10H2,1H3,(H,21,22)/t14-,17+/m0/s1. The van der Waals surface area contributed by atoms with Crippen LogP contribution in [0.2, 0.25) is 0 Å². The zero-order chi connectivity index (χ0) is 15.7. The smallest absolute Gasteiger partial charge is 0.307 e. The molecule has 0 amide bonds. The van der Waals surface area contributed by atoms with Crippen molar-refractivity contribution in [1.82, 2.24) is 0 Å². The van der Waals surface area contributed by atoms with E-state index < -0.39 is 11.9 Å². The molecule has 1 N–H and O–H groups in total. The fraction of sp³-hybridized carbons (Fsp3) is 0.278. The van der Waals surface area contributed by atoms with Gasteiger partial charge in [-0.05, 0) is 35.7 Å². The normalized spacial score (nSPS) is 21.1. The lowest BCUT2D eigenvalue weighted by atomic mass is 9.79. The molecular weight excluding hydrogens is 342 g/mol. The van der Waals surface area contributed by atoms with Crippen LogP contribution in [0.25, 0.3) is 0 Å². The second kappa shape index (κ2) is 6.13. The SMILES string of the molecule is CN1CC[C@H](C(=O)O)[C@@H](c2ccccc2)c2cc(Br)ccc21. The summed E-state index contributed by atoms with van der Waals surface area (Å²) in [5, 5.41) is 9.75. The van der Waals surface area contributed by atoms with Crippen molar-refractivity contribution in [1.29, 1.82) is 0 Å². The fourth-order valence-electron chi connectivity index (χ4n) is 3.30. The first-order chi connectivity index (χ1) is 10.6. The second-order valence-electron chi connectivity index (χ2n) is 5.75. The summed E-state index contributed by atoms with van der Waals surface area (Å²) in [5.41, 5.74) is 3.25. The van der Waals surface area contributed by atoms with Gasteiger partial charge in [0.05, 0.1) is 5.92 Å². The second-order valence-corrected chi connectivity index (χ2v) is 6.66. The molecule has 22 heavy (non-hydrogen) atoms. The molecule has 2 aromatic carbocycles. The minimum absolute atomic E-state index is 0.129. The Morgan fingerprint density at radius 2 is 1.95 bits per heavy atom. The number of aliphatic carboxylic acids is 1. The number of carboxylic acid groups (broad SMARTS) is 1. The highest BCUT2D eigenvalue weighted by Crippen LogP contribution is 2.42. The number of carbonyl (C=O) groups is 1. The van der Waals surface area contributed by atoms with Crippen molar-refractivity contribution in [2.24, 2.45) is 5.92 Å². The maximum atomic E-state index is 11.9. The Labute approximate surface area is 138 Å². The van der Waals surface area contributed by atoms with Crippen molar-refractivity contribution in [2.45, 2.75) is 12.3 Å². The van der Waals surface area contributed by atoms with Crippen LogP contribution in [0.5, 0.6) is 0 Å². The summed E-state index contributed by atoms with van der Waals surface area (Å²) in [4.78, 5) is 14.0. The zero-order valence-corrected chi connectivity index (χ0v) is 14.0. The number of rotatable bonds is 2. The maximum Gasteiger partial charge on any atom is 0.307 e.